The number of carboxylic acid groups (broad SMARTS) is 1. The molecule has 0 aliphatic carbocycles. The Balaban J connectivity index is 2.23. The molecule has 1 aromatic carbocycles. The van der Waals surface area contributed by atoms with Crippen LogP contribution in [0, 0.1) is 0 Å². The van der Waals surface area contributed by atoms with Crippen molar-refractivity contribution in [1.29, 1.82) is 0 Å². The number of carboxylic acids is 1. The number of fused-ring (bicyclic) bond motifs is 2. The SMILES string of the molecule is COCn1c(C(=O)O)c(-n2c(=O)[nH]c3cscc3c2=O)c2cc(C(F)(F)F)ccc21. The molecule has 0 amide bonds. The van der Waals surface area contributed by atoms with Crippen molar-refractivity contribution in [2.45, 2.75) is 12.9 Å². The van der Waals surface area contributed by atoms with Gasteiger partial charge in [0.1, 0.15) is 6.73 Å². The Morgan fingerprint density at radius 2 is 1.97 bits per heavy atom. The molecule has 12 heteroatoms. The number of benzene rings is 1. The molecule has 3 heterocycles. The average molecular weight is 439 g/mol. The van der Waals surface area contributed by atoms with Crippen molar-refractivity contribution in [2.24, 2.45) is 0 Å². The highest BCUT2D eigenvalue weighted by Crippen LogP contribution is 2.35. The molecule has 0 saturated carbocycles. The maximum Gasteiger partial charge on any atom is 0.416 e. The summed E-state index contributed by atoms with van der Waals surface area (Å²) in [4.78, 5) is 40.2. The Kier molecular flexibility index (Phi) is 4.55. The molecule has 30 heavy (non-hydrogen) atoms. The first kappa shape index (κ1) is 19.9. The smallest absolute Gasteiger partial charge is 0.416 e. The fourth-order valence-electron chi connectivity index (χ4n) is 3.37. The Labute approximate surface area is 168 Å². The van der Waals surface area contributed by atoms with Crippen LogP contribution in [-0.2, 0) is 17.6 Å². The van der Waals surface area contributed by atoms with E-state index in [4.69, 9.17) is 4.74 Å². The average Bonchev–Trinajstić information content (AvgIpc) is 3.24. The summed E-state index contributed by atoms with van der Waals surface area (Å²) >= 11 is 1.14. The fourth-order valence-corrected chi connectivity index (χ4v) is 4.12. The molecule has 0 bridgehead atoms. The van der Waals surface area contributed by atoms with Crippen LogP contribution < -0.4 is 11.2 Å². The zero-order valence-electron chi connectivity index (χ0n) is 15.1. The quantitative estimate of drug-likeness (QED) is 0.509. The third-order valence-electron chi connectivity index (χ3n) is 4.59. The summed E-state index contributed by atoms with van der Waals surface area (Å²) in [6.07, 6.45) is -4.72. The molecule has 2 N–H and O–H groups in total. The van der Waals surface area contributed by atoms with E-state index in [9.17, 15) is 32.7 Å². The highest BCUT2D eigenvalue weighted by molar-refractivity contribution is 7.09. The van der Waals surface area contributed by atoms with Crippen molar-refractivity contribution in [3.05, 3.63) is 61.1 Å². The second-order valence-corrected chi connectivity index (χ2v) is 7.09. The highest BCUT2D eigenvalue weighted by Gasteiger charge is 2.33. The Morgan fingerprint density at radius 3 is 2.60 bits per heavy atom. The number of aromatic amines is 1. The first-order chi connectivity index (χ1) is 14.1. The van der Waals surface area contributed by atoms with Crippen LogP contribution in [-0.4, -0.2) is 32.3 Å². The maximum absolute atomic E-state index is 13.3. The molecule has 0 radical (unpaired) electrons. The van der Waals surface area contributed by atoms with E-state index in [1.54, 1.807) is 0 Å². The minimum atomic E-state index is -4.72. The number of nitrogens with zero attached hydrogens (tertiary/aromatic N) is 2. The minimum absolute atomic E-state index is 0.0639. The number of hydrogen-bond donors (Lipinski definition) is 2. The van der Waals surface area contributed by atoms with Gasteiger partial charge in [-0.2, -0.15) is 13.2 Å². The summed E-state index contributed by atoms with van der Waals surface area (Å²) in [6, 6.07) is 2.58. The van der Waals surface area contributed by atoms with Crippen molar-refractivity contribution in [3.8, 4) is 5.69 Å². The molecular formula is C18H12F3N3O5S. The van der Waals surface area contributed by atoms with Crippen molar-refractivity contribution in [3.63, 3.8) is 0 Å². The number of H-pyrrole nitrogens is 1. The van der Waals surface area contributed by atoms with Gasteiger partial charge in [0, 0.05) is 23.3 Å². The van der Waals surface area contributed by atoms with Crippen LogP contribution in [0.3, 0.4) is 0 Å². The van der Waals surface area contributed by atoms with Gasteiger partial charge in [0.05, 0.1) is 27.7 Å². The number of ether oxygens (including phenoxy) is 1. The second kappa shape index (κ2) is 6.85. The minimum Gasteiger partial charge on any atom is -0.477 e. The van der Waals surface area contributed by atoms with Crippen LogP contribution in [0.1, 0.15) is 16.1 Å². The van der Waals surface area contributed by atoms with Crippen molar-refractivity contribution >= 4 is 39.1 Å². The lowest BCUT2D eigenvalue weighted by molar-refractivity contribution is -0.137. The van der Waals surface area contributed by atoms with E-state index in [2.05, 4.69) is 4.98 Å². The number of carbonyl (C=O) groups is 1. The number of thiophene rings is 1. The van der Waals surface area contributed by atoms with E-state index in [0.717, 1.165) is 28.0 Å². The summed E-state index contributed by atoms with van der Waals surface area (Å²) in [5, 5.41) is 12.7. The van der Waals surface area contributed by atoms with Gasteiger partial charge in [0.15, 0.2) is 5.69 Å². The third kappa shape index (κ3) is 2.92. The van der Waals surface area contributed by atoms with Crippen LogP contribution in [0.5, 0.6) is 0 Å². The van der Waals surface area contributed by atoms with Gasteiger partial charge in [-0.25, -0.2) is 14.2 Å². The van der Waals surface area contributed by atoms with Gasteiger partial charge in [0.2, 0.25) is 0 Å². The van der Waals surface area contributed by atoms with E-state index in [1.165, 1.54) is 17.9 Å². The lowest BCUT2D eigenvalue weighted by Crippen LogP contribution is -2.34. The number of halogens is 3. The summed E-state index contributed by atoms with van der Waals surface area (Å²) in [7, 11) is 1.28. The number of alkyl halides is 3. The number of nitrogens with one attached hydrogen (secondary N) is 1. The maximum atomic E-state index is 13.3. The monoisotopic (exact) mass is 439 g/mol. The first-order valence-corrected chi connectivity index (χ1v) is 9.26. The normalized spacial score (nSPS) is 12.1. The molecule has 4 aromatic rings. The van der Waals surface area contributed by atoms with Crippen LogP contribution >= 0.6 is 11.3 Å². The van der Waals surface area contributed by atoms with Crippen molar-refractivity contribution in [2.75, 3.05) is 7.11 Å². The largest absolute Gasteiger partial charge is 0.477 e. The summed E-state index contributed by atoms with van der Waals surface area (Å²) < 4.78 is 46.6. The zero-order chi connectivity index (χ0) is 21.8. The molecule has 0 aliphatic rings. The van der Waals surface area contributed by atoms with E-state index >= 15 is 0 Å². The van der Waals surface area contributed by atoms with Crippen LogP contribution in [0.25, 0.3) is 27.5 Å². The van der Waals surface area contributed by atoms with Gasteiger partial charge < -0.3 is 19.4 Å². The lowest BCUT2D eigenvalue weighted by atomic mass is 10.1. The predicted molar refractivity (Wildman–Crippen MR) is 103 cm³/mol. The Bertz CT molecular complexity index is 1430. The molecule has 156 valence electrons. The van der Waals surface area contributed by atoms with Crippen molar-refractivity contribution in [1.82, 2.24) is 14.1 Å². The van der Waals surface area contributed by atoms with Crippen molar-refractivity contribution < 1.29 is 27.8 Å². The van der Waals surface area contributed by atoms with Gasteiger partial charge in [0.25, 0.3) is 5.56 Å². The third-order valence-corrected chi connectivity index (χ3v) is 5.33. The van der Waals surface area contributed by atoms with E-state index in [-0.39, 0.29) is 28.5 Å². The summed E-state index contributed by atoms with van der Waals surface area (Å²) in [6.45, 7) is -0.323. The Hall–Kier alpha value is -3.38. The van der Waals surface area contributed by atoms with Gasteiger partial charge in [-0.3, -0.25) is 4.79 Å². The van der Waals surface area contributed by atoms with Crippen LogP contribution in [0.4, 0.5) is 13.2 Å². The molecule has 0 atom stereocenters. The number of hydrogen-bond acceptors (Lipinski definition) is 5. The number of aromatic carboxylic acids is 1. The van der Waals surface area contributed by atoms with Gasteiger partial charge in [-0.1, -0.05) is 0 Å². The summed E-state index contributed by atoms with van der Waals surface area (Å²) in [5.74, 6) is -1.54. The molecule has 8 nitrogen and oxygen atoms in total. The highest BCUT2D eigenvalue weighted by atomic mass is 32.1. The topological polar surface area (TPSA) is 106 Å². The zero-order valence-corrected chi connectivity index (χ0v) is 15.9. The van der Waals surface area contributed by atoms with Crippen LogP contribution in [0.2, 0.25) is 0 Å². The van der Waals surface area contributed by atoms with Gasteiger partial charge in [-0.15, -0.1) is 11.3 Å². The van der Waals surface area contributed by atoms with E-state index in [0.29, 0.717) is 10.6 Å². The van der Waals surface area contributed by atoms with Gasteiger partial charge in [-0.05, 0) is 18.2 Å². The standard InChI is InChI=1S/C18H12F3N3O5S/c1-29-7-23-12-3-2-8(18(19,20)21)4-9(12)13(14(23)16(26)27)24-15(25)10-5-30-6-11(10)22-17(24)28/h2-6H,7H2,1H3,(H,22,28)(H,26,27). The lowest BCUT2D eigenvalue weighted by Gasteiger charge is -2.08. The molecule has 0 unspecified atom stereocenters. The summed E-state index contributed by atoms with van der Waals surface area (Å²) in [5.41, 5.74) is -3.56. The molecule has 0 aliphatic heterocycles. The molecule has 3 aromatic heterocycles. The van der Waals surface area contributed by atoms with Crippen LogP contribution in [0.15, 0.2) is 38.5 Å². The van der Waals surface area contributed by atoms with Gasteiger partial charge >= 0.3 is 17.8 Å². The molecule has 4 rings (SSSR count). The van der Waals surface area contributed by atoms with E-state index < -0.39 is 40.3 Å². The number of methoxy groups -OCH3 is 1. The predicted octanol–water partition coefficient (Wildman–Crippen LogP) is 3.02. The molecule has 0 fully saturated rings. The fraction of sp³-hybridized carbons (Fsp3) is 0.167. The molecule has 0 saturated heterocycles. The Morgan fingerprint density at radius 1 is 1.23 bits per heavy atom. The molecular weight excluding hydrogens is 427 g/mol. The number of aromatic nitrogens is 3. The first-order valence-electron chi connectivity index (χ1n) is 8.32. The van der Waals surface area contributed by atoms with E-state index in [1.807, 2.05) is 0 Å². The number of rotatable bonds is 4. The second-order valence-electron chi connectivity index (χ2n) is 6.35. The molecule has 0 spiro atoms.